The van der Waals surface area contributed by atoms with Crippen molar-refractivity contribution in [2.45, 2.75) is 20.3 Å². The van der Waals surface area contributed by atoms with Crippen molar-refractivity contribution in [1.82, 2.24) is 14.6 Å². The molecule has 17 heavy (non-hydrogen) atoms. The zero-order valence-electron chi connectivity index (χ0n) is 9.43. The summed E-state index contributed by atoms with van der Waals surface area (Å²) in [6.45, 7) is 3.51. The number of aryl methyl sites for hydroxylation is 2. The molecule has 6 heteroatoms. The summed E-state index contributed by atoms with van der Waals surface area (Å²) in [5, 5.41) is 21.7. The number of nitrogens with zero attached hydrogens (tertiary/aromatic N) is 4. The molecule has 0 aliphatic heterocycles. The van der Waals surface area contributed by atoms with Crippen molar-refractivity contribution in [3.63, 3.8) is 0 Å². The molecule has 0 atom stereocenters. The second-order valence-corrected chi connectivity index (χ2v) is 3.74. The Morgan fingerprint density at radius 3 is 2.88 bits per heavy atom. The van der Waals surface area contributed by atoms with Gasteiger partial charge in [-0.15, -0.1) is 0 Å². The van der Waals surface area contributed by atoms with Gasteiger partial charge in [0.2, 0.25) is 0 Å². The van der Waals surface area contributed by atoms with Crippen LogP contribution in [0.2, 0.25) is 0 Å². The number of nitriles is 1. The van der Waals surface area contributed by atoms with Crippen LogP contribution in [0.15, 0.2) is 6.20 Å². The van der Waals surface area contributed by atoms with Gasteiger partial charge in [0, 0.05) is 17.0 Å². The second-order valence-electron chi connectivity index (χ2n) is 3.74. The molecule has 2 heterocycles. The summed E-state index contributed by atoms with van der Waals surface area (Å²) < 4.78 is 1.50. The molecule has 0 fully saturated rings. The Kier molecular flexibility index (Phi) is 2.52. The Bertz CT molecular complexity index is 652. The first-order valence-corrected chi connectivity index (χ1v) is 5.00. The molecule has 0 bridgehead atoms. The Balaban J connectivity index is 2.73. The van der Waals surface area contributed by atoms with Gasteiger partial charge in [0.05, 0.1) is 12.6 Å². The maximum atomic E-state index is 10.8. The molecular formula is C11H10N4O2. The molecule has 1 N–H and O–H groups in total. The number of carbonyl (C=O) groups is 1. The van der Waals surface area contributed by atoms with Crippen molar-refractivity contribution < 1.29 is 9.90 Å². The van der Waals surface area contributed by atoms with Crippen LogP contribution in [0, 0.1) is 25.2 Å². The third-order valence-corrected chi connectivity index (χ3v) is 2.66. The summed E-state index contributed by atoms with van der Waals surface area (Å²) in [6.07, 6.45) is 1.33. The van der Waals surface area contributed by atoms with Gasteiger partial charge in [-0.1, -0.05) is 0 Å². The van der Waals surface area contributed by atoms with Crippen LogP contribution < -0.4 is 0 Å². The average Bonchev–Trinajstić information content (AvgIpc) is 2.66. The zero-order valence-corrected chi connectivity index (χ0v) is 9.43. The quantitative estimate of drug-likeness (QED) is 0.825. The van der Waals surface area contributed by atoms with Gasteiger partial charge in [-0.25, -0.2) is 9.50 Å². The van der Waals surface area contributed by atoms with Crippen molar-refractivity contribution in [3.8, 4) is 6.07 Å². The van der Waals surface area contributed by atoms with E-state index in [9.17, 15) is 4.79 Å². The van der Waals surface area contributed by atoms with E-state index in [1.165, 1.54) is 10.7 Å². The Morgan fingerprint density at radius 1 is 1.59 bits per heavy atom. The smallest absolute Gasteiger partial charge is 0.307 e. The van der Waals surface area contributed by atoms with Crippen molar-refractivity contribution in [2.24, 2.45) is 0 Å². The highest BCUT2D eigenvalue weighted by molar-refractivity contribution is 5.71. The minimum atomic E-state index is -0.912. The van der Waals surface area contributed by atoms with Crippen LogP contribution in [-0.2, 0) is 11.2 Å². The van der Waals surface area contributed by atoms with E-state index >= 15 is 0 Å². The molecule has 0 radical (unpaired) electrons. The van der Waals surface area contributed by atoms with E-state index in [0.717, 1.165) is 0 Å². The number of aromatic nitrogens is 3. The van der Waals surface area contributed by atoms with Gasteiger partial charge in [0.1, 0.15) is 11.6 Å². The molecule has 2 rings (SSSR count). The van der Waals surface area contributed by atoms with Crippen molar-refractivity contribution in [2.75, 3.05) is 0 Å². The molecule has 0 aliphatic rings. The summed E-state index contributed by atoms with van der Waals surface area (Å²) in [7, 11) is 0. The van der Waals surface area contributed by atoms with Crippen molar-refractivity contribution >= 4 is 11.6 Å². The van der Waals surface area contributed by atoms with Crippen molar-refractivity contribution in [3.05, 3.63) is 28.7 Å². The normalized spacial score (nSPS) is 10.4. The summed E-state index contributed by atoms with van der Waals surface area (Å²) in [5.41, 5.74) is 2.82. The van der Waals surface area contributed by atoms with Gasteiger partial charge in [0.25, 0.3) is 0 Å². The Morgan fingerprint density at radius 2 is 2.29 bits per heavy atom. The first-order valence-electron chi connectivity index (χ1n) is 5.00. The summed E-state index contributed by atoms with van der Waals surface area (Å²) in [6, 6.07) is 2.00. The van der Waals surface area contributed by atoms with E-state index in [2.05, 4.69) is 10.1 Å². The van der Waals surface area contributed by atoms with E-state index in [1.54, 1.807) is 13.8 Å². The Labute approximate surface area is 97.1 Å². The number of carboxylic acids is 1. The van der Waals surface area contributed by atoms with Gasteiger partial charge >= 0.3 is 5.97 Å². The molecule has 0 saturated carbocycles. The molecule has 2 aromatic rings. The predicted octanol–water partition coefficient (Wildman–Crippen LogP) is 0.845. The monoisotopic (exact) mass is 230 g/mol. The minimum absolute atomic E-state index is 0.0949. The number of fused-ring (bicyclic) bond motifs is 1. The first-order chi connectivity index (χ1) is 8.04. The number of rotatable bonds is 2. The molecule has 0 spiro atoms. The van der Waals surface area contributed by atoms with Crippen LogP contribution in [-0.4, -0.2) is 25.7 Å². The summed E-state index contributed by atoms with van der Waals surface area (Å²) in [5.74, 6) is -0.912. The average molecular weight is 230 g/mol. The molecule has 0 unspecified atom stereocenters. The lowest BCUT2D eigenvalue weighted by Gasteiger charge is -2.08. The van der Waals surface area contributed by atoms with Gasteiger partial charge in [-0.2, -0.15) is 10.4 Å². The maximum Gasteiger partial charge on any atom is 0.307 e. The molecule has 0 aliphatic carbocycles. The van der Waals surface area contributed by atoms with Gasteiger partial charge in [-0.3, -0.25) is 4.79 Å². The molecule has 0 amide bonds. The van der Waals surface area contributed by atoms with Gasteiger partial charge in [-0.05, 0) is 13.8 Å². The fraction of sp³-hybridized carbons (Fsp3) is 0.273. The van der Waals surface area contributed by atoms with Crippen LogP contribution >= 0.6 is 0 Å². The van der Waals surface area contributed by atoms with Crippen LogP contribution in [0.5, 0.6) is 0 Å². The highest BCUT2D eigenvalue weighted by Gasteiger charge is 2.15. The topological polar surface area (TPSA) is 91.3 Å². The van der Waals surface area contributed by atoms with E-state index in [1.807, 2.05) is 6.07 Å². The van der Waals surface area contributed by atoms with Crippen LogP contribution in [0.1, 0.15) is 22.5 Å². The molecule has 0 saturated heterocycles. The second kappa shape index (κ2) is 3.87. The van der Waals surface area contributed by atoms with Gasteiger partial charge in [0.15, 0.2) is 5.65 Å². The molecule has 0 aromatic carbocycles. The number of carboxylic acid groups (broad SMARTS) is 1. The van der Waals surface area contributed by atoms with Crippen LogP contribution in [0.4, 0.5) is 0 Å². The number of aliphatic carboxylic acids is 1. The highest BCUT2D eigenvalue weighted by atomic mass is 16.4. The summed E-state index contributed by atoms with van der Waals surface area (Å²) >= 11 is 0. The van der Waals surface area contributed by atoms with E-state index in [4.69, 9.17) is 10.4 Å². The lowest BCUT2D eigenvalue weighted by Crippen LogP contribution is -2.10. The van der Waals surface area contributed by atoms with E-state index in [0.29, 0.717) is 28.2 Å². The lowest BCUT2D eigenvalue weighted by molar-refractivity contribution is -0.136. The first kappa shape index (κ1) is 11.1. The third-order valence-electron chi connectivity index (χ3n) is 2.66. The molecule has 2 aromatic heterocycles. The molecule has 86 valence electrons. The molecule has 6 nitrogen and oxygen atoms in total. The highest BCUT2D eigenvalue weighted by Crippen LogP contribution is 2.17. The predicted molar refractivity (Wildman–Crippen MR) is 58.5 cm³/mol. The fourth-order valence-electron chi connectivity index (χ4n) is 1.80. The van der Waals surface area contributed by atoms with E-state index in [-0.39, 0.29) is 6.42 Å². The van der Waals surface area contributed by atoms with Crippen molar-refractivity contribution in [1.29, 1.82) is 5.26 Å². The zero-order chi connectivity index (χ0) is 12.6. The molecular weight excluding hydrogens is 220 g/mol. The largest absolute Gasteiger partial charge is 0.481 e. The van der Waals surface area contributed by atoms with Gasteiger partial charge < -0.3 is 5.11 Å². The Hall–Kier alpha value is -2.42. The minimum Gasteiger partial charge on any atom is -0.481 e. The summed E-state index contributed by atoms with van der Waals surface area (Å²) in [4.78, 5) is 15.0. The lowest BCUT2D eigenvalue weighted by atomic mass is 10.1. The van der Waals surface area contributed by atoms with Crippen LogP contribution in [0.3, 0.4) is 0 Å². The fourth-order valence-corrected chi connectivity index (χ4v) is 1.80. The van der Waals surface area contributed by atoms with Crippen LogP contribution in [0.25, 0.3) is 5.65 Å². The maximum absolute atomic E-state index is 10.8. The SMILES string of the molecule is Cc1nc2c(C#N)cnn2c(C)c1CC(=O)O. The number of hydrogen-bond acceptors (Lipinski definition) is 4. The van der Waals surface area contributed by atoms with E-state index < -0.39 is 5.97 Å². The number of hydrogen-bond donors (Lipinski definition) is 1. The standard InChI is InChI=1S/C11H10N4O2/c1-6-9(3-10(16)17)7(2)15-11(14-6)8(4-12)5-13-15/h5H,3H2,1-2H3,(H,16,17). The third kappa shape index (κ3) is 1.72.